The third-order valence-corrected chi connectivity index (χ3v) is 9.34. The molecule has 5 aromatic carbocycles. The third-order valence-electron chi connectivity index (χ3n) is 8.10. The monoisotopic (exact) mass is 518 g/mol. The molecule has 2 aromatic heterocycles. The molecule has 3 heteroatoms. The number of hydrogen-bond donors (Lipinski definition) is 0. The van der Waals surface area contributed by atoms with Crippen molar-refractivity contribution in [2.24, 2.45) is 0 Å². The molecule has 0 aliphatic heterocycles. The van der Waals surface area contributed by atoms with Gasteiger partial charge < -0.3 is 0 Å². The molecule has 1 aliphatic rings. The van der Waals surface area contributed by atoms with Crippen molar-refractivity contribution < 1.29 is 0 Å². The topological polar surface area (TPSA) is 25.8 Å². The predicted molar refractivity (Wildman–Crippen MR) is 168 cm³/mol. The number of hydrogen-bond acceptors (Lipinski definition) is 3. The van der Waals surface area contributed by atoms with Crippen LogP contribution in [0.2, 0.25) is 0 Å². The predicted octanol–water partition coefficient (Wildman–Crippen LogP) is 10.1. The number of fused-ring (bicyclic) bond motifs is 9. The van der Waals surface area contributed by atoms with E-state index in [2.05, 4.69) is 105 Å². The summed E-state index contributed by atoms with van der Waals surface area (Å²) in [4.78, 5) is 11.8. The Morgan fingerprint density at radius 3 is 2.18 bits per heavy atom. The first kappa shape index (κ1) is 22.6. The molecule has 0 spiro atoms. The van der Waals surface area contributed by atoms with E-state index < -0.39 is 0 Å². The van der Waals surface area contributed by atoms with Crippen molar-refractivity contribution in [3.63, 3.8) is 0 Å². The first-order valence-electron chi connectivity index (χ1n) is 13.6. The maximum atomic E-state index is 5.34. The summed E-state index contributed by atoms with van der Waals surface area (Å²) in [5, 5.41) is 6.18. The van der Waals surface area contributed by atoms with Crippen LogP contribution in [0, 0.1) is 13.8 Å². The van der Waals surface area contributed by atoms with E-state index in [0.29, 0.717) is 0 Å². The first-order valence-corrected chi connectivity index (χ1v) is 14.4. The first-order chi connectivity index (χ1) is 19.2. The Kier molecular flexibility index (Phi) is 4.98. The van der Waals surface area contributed by atoms with Gasteiger partial charge in [-0.1, -0.05) is 96.1 Å². The molecule has 2 heterocycles. The van der Waals surface area contributed by atoms with Gasteiger partial charge in [0.15, 0.2) is 0 Å². The van der Waals surface area contributed by atoms with Crippen LogP contribution in [0.15, 0.2) is 91.1 Å². The minimum Gasteiger partial charge on any atom is -0.252 e. The van der Waals surface area contributed by atoms with Gasteiger partial charge >= 0.3 is 0 Å². The van der Waals surface area contributed by atoms with Crippen molar-refractivity contribution in [2.75, 3.05) is 0 Å². The van der Waals surface area contributed by atoms with E-state index in [9.17, 15) is 0 Å². The molecule has 0 fully saturated rings. The Bertz CT molecular complexity index is 2150. The number of thiophene rings is 1. The third kappa shape index (κ3) is 3.47. The van der Waals surface area contributed by atoms with Gasteiger partial charge in [0, 0.05) is 31.5 Å². The Morgan fingerprint density at radius 1 is 0.667 bits per heavy atom. The van der Waals surface area contributed by atoms with E-state index in [1.165, 1.54) is 53.6 Å². The molecule has 0 bridgehead atoms. The van der Waals surface area contributed by atoms with Gasteiger partial charge in [0.2, 0.25) is 0 Å². The highest BCUT2D eigenvalue weighted by molar-refractivity contribution is 7.20. The van der Waals surface area contributed by atoms with Gasteiger partial charge in [0.25, 0.3) is 0 Å². The molecule has 8 rings (SSSR count). The summed E-state index contributed by atoms with van der Waals surface area (Å²) < 4.78 is 1.36. The van der Waals surface area contributed by atoms with Gasteiger partial charge in [-0.15, -0.1) is 11.3 Å². The minimum atomic E-state index is 0.907. The summed E-state index contributed by atoms with van der Waals surface area (Å²) in [6, 6.07) is 28.7. The van der Waals surface area contributed by atoms with Crippen molar-refractivity contribution in [3.8, 4) is 22.4 Å². The van der Waals surface area contributed by atoms with Crippen LogP contribution in [0.1, 0.15) is 28.0 Å². The average Bonchev–Trinajstić information content (AvgIpc) is 3.36. The summed E-state index contributed by atoms with van der Waals surface area (Å²) in [5.41, 5.74) is 10.4. The van der Waals surface area contributed by atoms with Crippen molar-refractivity contribution in [1.29, 1.82) is 0 Å². The number of nitrogens with zero attached hydrogens (tertiary/aromatic N) is 2. The molecular weight excluding hydrogens is 492 g/mol. The summed E-state index contributed by atoms with van der Waals surface area (Å²) in [6.45, 7) is 4.31. The van der Waals surface area contributed by atoms with E-state index in [1.807, 2.05) is 17.5 Å². The van der Waals surface area contributed by atoms with Crippen LogP contribution in [-0.2, 0) is 6.42 Å². The average molecular weight is 519 g/mol. The number of aromatic nitrogens is 2. The maximum Gasteiger partial charge on any atom is 0.0979 e. The molecule has 0 N–H and O–H groups in total. The Balaban J connectivity index is 1.40. The number of aryl methyl sites for hydroxylation is 3. The molecule has 0 unspecified atom stereocenters. The van der Waals surface area contributed by atoms with E-state index >= 15 is 0 Å². The molecular formula is C36H26N2S. The van der Waals surface area contributed by atoms with Crippen LogP contribution < -0.4 is 0 Å². The van der Waals surface area contributed by atoms with Crippen LogP contribution in [0.5, 0.6) is 0 Å². The largest absolute Gasteiger partial charge is 0.252 e. The van der Waals surface area contributed by atoms with Gasteiger partial charge in [-0.3, -0.25) is 4.98 Å². The summed E-state index contributed by atoms with van der Waals surface area (Å²) in [5.74, 6) is 0. The van der Waals surface area contributed by atoms with Crippen LogP contribution >= 0.6 is 11.3 Å². The minimum absolute atomic E-state index is 0.907. The summed E-state index contributed by atoms with van der Waals surface area (Å²) in [7, 11) is 0. The van der Waals surface area contributed by atoms with Crippen molar-refractivity contribution in [1.82, 2.24) is 9.97 Å². The lowest BCUT2D eigenvalue weighted by molar-refractivity contribution is 1.01. The molecule has 186 valence electrons. The fraction of sp³-hybridized carbons (Fsp3) is 0.111. The molecule has 39 heavy (non-hydrogen) atoms. The summed E-state index contributed by atoms with van der Waals surface area (Å²) in [6.07, 6.45) is 8.80. The van der Waals surface area contributed by atoms with Crippen molar-refractivity contribution >= 4 is 60.1 Å². The lowest BCUT2D eigenvalue weighted by Gasteiger charge is -2.14. The van der Waals surface area contributed by atoms with E-state index in [1.54, 1.807) is 0 Å². The second-order valence-corrected chi connectivity index (χ2v) is 11.7. The SMILES string of the molecule is Cc1ccc2c(c1)c1cc(C)ccc1c1nc(-c3ccccc3-c3cccc4c5c(sc34)C=CCC5)cnc21. The van der Waals surface area contributed by atoms with Crippen LogP contribution in [0.25, 0.3) is 71.1 Å². The summed E-state index contributed by atoms with van der Waals surface area (Å²) >= 11 is 1.91. The van der Waals surface area contributed by atoms with Gasteiger partial charge in [-0.05, 0) is 60.1 Å². The van der Waals surface area contributed by atoms with E-state index in [0.717, 1.165) is 45.9 Å². The van der Waals surface area contributed by atoms with Crippen LogP contribution in [-0.4, -0.2) is 9.97 Å². The second-order valence-electron chi connectivity index (χ2n) is 10.7. The van der Waals surface area contributed by atoms with E-state index in [4.69, 9.17) is 9.97 Å². The van der Waals surface area contributed by atoms with E-state index in [-0.39, 0.29) is 0 Å². The number of benzene rings is 5. The lowest BCUT2D eigenvalue weighted by atomic mass is 9.94. The molecule has 0 amide bonds. The Hall–Kier alpha value is -4.34. The molecule has 0 saturated heterocycles. The quantitative estimate of drug-likeness (QED) is 0.213. The lowest BCUT2D eigenvalue weighted by Crippen LogP contribution is -1.94. The fourth-order valence-corrected chi connectivity index (χ4v) is 7.54. The molecule has 0 radical (unpaired) electrons. The normalized spacial score (nSPS) is 13.1. The van der Waals surface area contributed by atoms with Crippen molar-refractivity contribution in [3.05, 3.63) is 113 Å². The maximum absolute atomic E-state index is 5.34. The standard InChI is InChI=1S/C36H26N2S/c1-21-14-16-26-30(18-21)31-19-22(2)15-17-27(31)35-34(26)37-20-32(38-35)24-9-4-3-8-23(24)28-11-7-12-29-25-10-5-6-13-33(25)39-36(28)29/h3-4,6-9,11-20H,5,10H2,1-2H3. The van der Waals surface area contributed by atoms with Gasteiger partial charge in [0.05, 0.1) is 22.9 Å². The molecule has 0 saturated carbocycles. The second kappa shape index (κ2) is 8.59. The molecule has 2 nitrogen and oxygen atoms in total. The van der Waals surface area contributed by atoms with Gasteiger partial charge in [0.1, 0.15) is 0 Å². The Labute approximate surface area is 231 Å². The van der Waals surface area contributed by atoms with Crippen LogP contribution in [0.3, 0.4) is 0 Å². The fourth-order valence-electron chi connectivity index (χ4n) is 6.23. The van der Waals surface area contributed by atoms with Gasteiger partial charge in [-0.25, -0.2) is 4.98 Å². The molecule has 0 atom stereocenters. The number of rotatable bonds is 2. The zero-order valence-corrected chi connectivity index (χ0v) is 22.8. The zero-order chi connectivity index (χ0) is 26.1. The highest BCUT2D eigenvalue weighted by Crippen LogP contribution is 2.43. The smallest absolute Gasteiger partial charge is 0.0979 e. The highest BCUT2D eigenvalue weighted by atomic mass is 32.1. The molecule has 1 aliphatic carbocycles. The molecule has 7 aromatic rings. The zero-order valence-electron chi connectivity index (χ0n) is 22.0. The number of allylic oxidation sites excluding steroid dienone is 1. The van der Waals surface area contributed by atoms with Crippen LogP contribution in [0.4, 0.5) is 0 Å². The van der Waals surface area contributed by atoms with Gasteiger partial charge in [-0.2, -0.15) is 0 Å². The van der Waals surface area contributed by atoms with Crippen molar-refractivity contribution in [2.45, 2.75) is 26.7 Å². The Morgan fingerprint density at radius 2 is 1.38 bits per heavy atom. The highest BCUT2D eigenvalue weighted by Gasteiger charge is 2.19.